The number of hydrogen-bond donors (Lipinski definition) is 0. The summed E-state index contributed by atoms with van der Waals surface area (Å²) in [6.07, 6.45) is 0. The van der Waals surface area contributed by atoms with Crippen LogP contribution in [0.25, 0.3) is 0 Å². The van der Waals surface area contributed by atoms with Gasteiger partial charge in [-0.3, -0.25) is 4.79 Å². The van der Waals surface area contributed by atoms with E-state index in [0.29, 0.717) is 18.7 Å². The molecule has 0 aliphatic rings. The monoisotopic (exact) mass is 305 g/mol. The van der Waals surface area contributed by atoms with Crippen LogP contribution < -0.4 is 4.74 Å². The highest BCUT2D eigenvalue weighted by Crippen LogP contribution is 2.19. The molecule has 0 saturated heterocycles. The van der Waals surface area contributed by atoms with Crippen molar-refractivity contribution in [1.82, 2.24) is 4.57 Å². The predicted octanol–water partition coefficient (Wildman–Crippen LogP) is 3.99. The normalized spacial score (nSPS) is 12.2. The Morgan fingerprint density at radius 2 is 1.95 bits per heavy atom. The van der Waals surface area contributed by atoms with Gasteiger partial charge >= 0.3 is 0 Å². The SMILES string of the molecule is Cc1cc(C(=O)C(C)Cl)c(C)n1CCOc1ccccc1. The summed E-state index contributed by atoms with van der Waals surface area (Å²) in [5.41, 5.74) is 2.70. The summed E-state index contributed by atoms with van der Waals surface area (Å²) >= 11 is 5.90. The van der Waals surface area contributed by atoms with E-state index in [1.165, 1.54) is 0 Å². The molecule has 4 heteroatoms. The summed E-state index contributed by atoms with van der Waals surface area (Å²) in [5.74, 6) is 0.825. The smallest absolute Gasteiger partial charge is 0.182 e. The molecule has 2 aromatic rings. The molecule has 0 amide bonds. The van der Waals surface area contributed by atoms with Gasteiger partial charge in [-0.05, 0) is 39.0 Å². The van der Waals surface area contributed by atoms with E-state index in [1.807, 2.05) is 50.2 Å². The molecule has 0 N–H and O–H groups in total. The second-order valence-electron chi connectivity index (χ2n) is 5.08. The fourth-order valence-electron chi connectivity index (χ4n) is 2.38. The second kappa shape index (κ2) is 6.81. The lowest BCUT2D eigenvalue weighted by Gasteiger charge is -2.11. The lowest BCUT2D eigenvalue weighted by molar-refractivity contribution is 0.0991. The topological polar surface area (TPSA) is 31.2 Å². The molecule has 0 fully saturated rings. The third-order valence-corrected chi connectivity index (χ3v) is 3.73. The Morgan fingerprint density at radius 3 is 2.57 bits per heavy atom. The van der Waals surface area contributed by atoms with Crippen LogP contribution in [0.2, 0.25) is 0 Å². The molecule has 0 aliphatic heterocycles. The Morgan fingerprint density at radius 1 is 1.29 bits per heavy atom. The molecule has 0 spiro atoms. The predicted molar refractivity (Wildman–Crippen MR) is 85.5 cm³/mol. The molecule has 1 aromatic heterocycles. The van der Waals surface area contributed by atoms with E-state index in [-0.39, 0.29) is 5.78 Å². The van der Waals surface area contributed by atoms with Gasteiger partial charge in [0.05, 0.1) is 11.9 Å². The lowest BCUT2D eigenvalue weighted by Crippen LogP contribution is -2.14. The maximum Gasteiger partial charge on any atom is 0.182 e. The van der Waals surface area contributed by atoms with Crippen molar-refractivity contribution in [3.05, 3.63) is 53.3 Å². The summed E-state index contributed by atoms with van der Waals surface area (Å²) < 4.78 is 7.80. The number of ether oxygens (including phenoxy) is 1. The van der Waals surface area contributed by atoms with E-state index in [0.717, 1.165) is 17.1 Å². The molecule has 1 unspecified atom stereocenters. The number of ketones is 1. The van der Waals surface area contributed by atoms with Gasteiger partial charge in [-0.2, -0.15) is 0 Å². The van der Waals surface area contributed by atoms with Crippen LogP contribution in [0.1, 0.15) is 28.7 Å². The van der Waals surface area contributed by atoms with Gasteiger partial charge in [0.2, 0.25) is 0 Å². The van der Waals surface area contributed by atoms with Crippen molar-refractivity contribution in [3.8, 4) is 5.75 Å². The number of hydrogen-bond acceptors (Lipinski definition) is 2. The molecule has 1 atom stereocenters. The fraction of sp³-hybridized carbons (Fsp3) is 0.353. The van der Waals surface area contributed by atoms with Crippen LogP contribution in [0.15, 0.2) is 36.4 Å². The Bertz CT molecular complexity index is 617. The van der Waals surface area contributed by atoms with Crippen LogP contribution >= 0.6 is 11.6 Å². The first-order chi connectivity index (χ1) is 10.0. The molecule has 0 aliphatic carbocycles. The van der Waals surface area contributed by atoms with Crippen LogP contribution in [0.5, 0.6) is 5.75 Å². The molecular weight excluding hydrogens is 286 g/mol. The van der Waals surface area contributed by atoms with E-state index >= 15 is 0 Å². The molecule has 112 valence electrons. The van der Waals surface area contributed by atoms with Crippen LogP contribution in [0.3, 0.4) is 0 Å². The van der Waals surface area contributed by atoms with E-state index in [2.05, 4.69) is 4.57 Å². The standard InChI is InChI=1S/C17H20ClNO2/c1-12-11-16(17(20)13(2)18)14(3)19(12)9-10-21-15-7-5-4-6-8-15/h4-8,11,13H,9-10H2,1-3H3. The van der Waals surface area contributed by atoms with Crippen molar-refractivity contribution < 1.29 is 9.53 Å². The first-order valence-electron chi connectivity index (χ1n) is 7.03. The number of alkyl halides is 1. The first-order valence-corrected chi connectivity index (χ1v) is 7.47. The zero-order valence-electron chi connectivity index (χ0n) is 12.6. The molecule has 3 nitrogen and oxygen atoms in total. The Hall–Kier alpha value is -1.74. The molecule has 21 heavy (non-hydrogen) atoms. The Kier molecular flexibility index (Phi) is 5.07. The number of carbonyl (C=O) groups is 1. The van der Waals surface area contributed by atoms with Crippen molar-refractivity contribution in [2.24, 2.45) is 0 Å². The average molecular weight is 306 g/mol. The van der Waals surface area contributed by atoms with Gasteiger partial charge in [-0.15, -0.1) is 11.6 Å². The molecule has 0 radical (unpaired) electrons. The molecule has 2 rings (SSSR count). The van der Waals surface area contributed by atoms with Gasteiger partial charge in [-0.25, -0.2) is 0 Å². The molecule has 1 aromatic carbocycles. The van der Waals surface area contributed by atoms with Gasteiger partial charge in [0.1, 0.15) is 12.4 Å². The number of aromatic nitrogens is 1. The number of carbonyl (C=O) groups excluding carboxylic acids is 1. The third-order valence-electron chi connectivity index (χ3n) is 3.53. The van der Waals surface area contributed by atoms with Crippen LogP contribution in [-0.2, 0) is 6.54 Å². The maximum absolute atomic E-state index is 12.0. The summed E-state index contributed by atoms with van der Waals surface area (Å²) in [7, 11) is 0. The van der Waals surface area contributed by atoms with Gasteiger partial charge in [0.15, 0.2) is 5.78 Å². The quantitative estimate of drug-likeness (QED) is 0.597. The van der Waals surface area contributed by atoms with Gasteiger partial charge < -0.3 is 9.30 Å². The zero-order valence-corrected chi connectivity index (χ0v) is 13.4. The molecule has 1 heterocycles. The maximum atomic E-state index is 12.0. The summed E-state index contributed by atoms with van der Waals surface area (Å²) in [5, 5.41) is -0.500. The highest BCUT2D eigenvalue weighted by atomic mass is 35.5. The summed E-state index contributed by atoms with van der Waals surface area (Å²) in [6, 6.07) is 11.6. The van der Waals surface area contributed by atoms with Crippen molar-refractivity contribution in [3.63, 3.8) is 0 Å². The van der Waals surface area contributed by atoms with Crippen molar-refractivity contribution in [2.75, 3.05) is 6.61 Å². The number of halogens is 1. The van der Waals surface area contributed by atoms with E-state index in [9.17, 15) is 4.79 Å². The van der Waals surface area contributed by atoms with E-state index in [4.69, 9.17) is 16.3 Å². The lowest BCUT2D eigenvalue weighted by atomic mass is 10.1. The molecule has 0 bridgehead atoms. The van der Waals surface area contributed by atoms with Crippen molar-refractivity contribution >= 4 is 17.4 Å². The first kappa shape index (κ1) is 15.6. The third kappa shape index (κ3) is 3.67. The van der Waals surface area contributed by atoms with E-state index in [1.54, 1.807) is 6.92 Å². The number of Topliss-reactive ketones (excluding diaryl/α,β-unsaturated/α-hetero) is 1. The van der Waals surface area contributed by atoms with E-state index < -0.39 is 5.38 Å². The van der Waals surface area contributed by atoms with Gasteiger partial charge in [0.25, 0.3) is 0 Å². The number of benzene rings is 1. The number of aryl methyl sites for hydroxylation is 1. The number of rotatable bonds is 6. The average Bonchev–Trinajstić information content (AvgIpc) is 2.75. The van der Waals surface area contributed by atoms with Crippen molar-refractivity contribution in [1.29, 1.82) is 0 Å². The minimum Gasteiger partial charge on any atom is -0.492 e. The second-order valence-corrected chi connectivity index (χ2v) is 5.73. The highest BCUT2D eigenvalue weighted by molar-refractivity contribution is 6.33. The highest BCUT2D eigenvalue weighted by Gasteiger charge is 2.19. The van der Waals surface area contributed by atoms with Crippen LogP contribution in [0.4, 0.5) is 0 Å². The van der Waals surface area contributed by atoms with Gasteiger partial charge in [-0.1, -0.05) is 18.2 Å². The number of nitrogens with zero attached hydrogens (tertiary/aromatic N) is 1. The molecular formula is C17H20ClNO2. The minimum absolute atomic E-state index is 0.0278. The zero-order chi connectivity index (χ0) is 15.4. The minimum atomic E-state index is -0.500. The summed E-state index contributed by atoms with van der Waals surface area (Å²) in [4.78, 5) is 12.0. The largest absolute Gasteiger partial charge is 0.492 e. The molecule has 0 saturated carbocycles. The number of para-hydroxylation sites is 1. The van der Waals surface area contributed by atoms with Gasteiger partial charge in [0, 0.05) is 17.0 Å². The fourth-order valence-corrected chi connectivity index (χ4v) is 2.50. The van der Waals surface area contributed by atoms with Crippen LogP contribution in [0, 0.1) is 13.8 Å². The Balaban J connectivity index is 2.05. The summed E-state index contributed by atoms with van der Waals surface area (Å²) in [6.45, 7) is 6.91. The van der Waals surface area contributed by atoms with Crippen molar-refractivity contribution in [2.45, 2.75) is 32.7 Å². The van der Waals surface area contributed by atoms with Crippen LogP contribution in [-0.4, -0.2) is 22.3 Å². The Labute approximate surface area is 130 Å².